The number of aryl methyl sites for hydroxylation is 2. The first kappa shape index (κ1) is 15.5. The van der Waals surface area contributed by atoms with E-state index in [0.717, 1.165) is 16.7 Å². The Hall–Kier alpha value is -1.92. The van der Waals surface area contributed by atoms with Gasteiger partial charge in [-0.05, 0) is 55.8 Å². The van der Waals surface area contributed by atoms with Crippen LogP contribution >= 0.6 is 0 Å². The topological polar surface area (TPSA) is 71.1 Å². The first-order valence-corrected chi connectivity index (χ1v) is 8.10. The van der Waals surface area contributed by atoms with E-state index in [1.165, 1.54) is 0 Å². The molecule has 0 aliphatic carbocycles. The Labute approximate surface area is 125 Å². The SMILES string of the molecule is CNCc1cc(S(=O)(=O)Nc2ccncc2C)ccc1C. The number of nitrogens with zero attached hydrogens (tertiary/aromatic N) is 1. The van der Waals surface area contributed by atoms with Crippen molar-refractivity contribution in [2.24, 2.45) is 0 Å². The zero-order valence-electron chi connectivity index (χ0n) is 12.3. The van der Waals surface area contributed by atoms with Gasteiger partial charge in [0.05, 0.1) is 10.6 Å². The molecule has 0 bridgehead atoms. The predicted octanol–water partition coefficient (Wildman–Crippen LogP) is 2.22. The minimum Gasteiger partial charge on any atom is -0.316 e. The van der Waals surface area contributed by atoms with Crippen LogP contribution in [0.2, 0.25) is 0 Å². The molecule has 2 rings (SSSR count). The summed E-state index contributed by atoms with van der Waals surface area (Å²) in [5.74, 6) is 0. The third-order valence-corrected chi connectivity index (χ3v) is 4.63. The number of sulfonamides is 1. The van der Waals surface area contributed by atoms with E-state index in [0.29, 0.717) is 12.2 Å². The van der Waals surface area contributed by atoms with Gasteiger partial charge in [0.25, 0.3) is 10.0 Å². The summed E-state index contributed by atoms with van der Waals surface area (Å²) < 4.78 is 27.5. The number of hydrogen-bond acceptors (Lipinski definition) is 4. The first-order chi connectivity index (χ1) is 9.94. The van der Waals surface area contributed by atoms with E-state index in [2.05, 4.69) is 15.0 Å². The van der Waals surface area contributed by atoms with Crippen LogP contribution in [0, 0.1) is 13.8 Å². The lowest BCUT2D eigenvalue weighted by atomic mass is 10.1. The third-order valence-electron chi connectivity index (χ3n) is 3.26. The van der Waals surface area contributed by atoms with Crippen LogP contribution in [-0.2, 0) is 16.6 Å². The van der Waals surface area contributed by atoms with Gasteiger partial charge in [0.2, 0.25) is 0 Å². The van der Waals surface area contributed by atoms with Crippen molar-refractivity contribution in [2.75, 3.05) is 11.8 Å². The van der Waals surface area contributed by atoms with Gasteiger partial charge in [0.1, 0.15) is 0 Å². The van der Waals surface area contributed by atoms with Crippen LogP contribution in [0.5, 0.6) is 0 Å². The Bertz CT molecular complexity index is 742. The number of hydrogen-bond donors (Lipinski definition) is 2. The molecule has 2 aromatic rings. The number of aromatic nitrogens is 1. The second-order valence-corrected chi connectivity index (χ2v) is 6.60. The molecular weight excluding hydrogens is 286 g/mol. The second kappa shape index (κ2) is 6.24. The maximum Gasteiger partial charge on any atom is 0.261 e. The van der Waals surface area contributed by atoms with Gasteiger partial charge in [-0.2, -0.15) is 0 Å². The van der Waals surface area contributed by atoms with E-state index in [1.54, 1.807) is 30.6 Å². The highest BCUT2D eigenvalue weighted by Gasteiger charge is 2.16. The molecule has 112 valence electrons. The van der Waals surface area contributed by atoms with Gasteiger partial charge in [-0.1, -0.05) is 6.07 Å². The van der Waals surface area contributed by atoms with E-state index in [1.807, 2.05) is 27.0 Å². The number of pyridine rings is 1. The number of anilines is 1. The Balaban J connectivity index is 2.36. The van der Waals surface area contributed by atoms with E-state index in [9.17, 15) is 8.42 Å². The van der Waals surface area contributed by atoms with E-state index in [-0.39, 0.29) is 4.90 Å². The molecule has 2 N–H and O–H groups in total. The van der Waals surface area contributed by atoms with Gasteiger partial charge in [0.15, 0.2) is 0 Å². The van der Waals surface area contributed by atoms with Crippen molar-refractivity contribution >= 4 is 15.7 Å². The standard InChI is InChI=1S/C15H19N3O2S/c1-11-4-5-14(8-13(11)10-16-3)21(19,20)18-15-6-7-17-9-12(15)2/h4-9,16H,10H2,1-3H3,(H,17,18). The minimum absolute atomic E-state index is 0.259. The number of nitrogens with one attached hydrogen (secondary N) is 2. The molecule has 1 heterocycles. The highest BCUT2D eigenvalue weighted by Crippen LogP contribution is 2.20. The molecule has 0 saturated carbocycles. The molecule has 0 aliphatic rings. The molecule has 0 amide bonds. The average molecular weight is 305 g/mol. The summed E-state index contributed by atoms with van der Waals surface area (Å²) in [6.45, 7) is 4.40. The molecule has 0 unspecified atom stereocenters. The van der Waals surface area contributed by atoms with Crippen LogP contribution in [0.1, 0.15) is 16.7 Å². The van der Waals surface area contributed by atoms with Gasteiger partial charge in [-0.15, -0.1) is 0 Å². The average Bonchev–Trinajstić information content (AvgIpc) is 2.44. The van der Waals surface area contributed by atoms with E-state index >= 15 is 0 Å². The second-order valence-electron chi connectivity index (χ2n) is 4.91. The summed E-state index contributed by atoms with van der Waals surface area (Å²) in [5, 5.41) is 3.04. The van der Waals surface area contributed by atoms with Crippen molar-refractivity contribution in [2.45, 2.75) is 25.3 Å². The fourth-order valence-electron chi connectivity index (χ4n) is 1.99. The van der Waals surface area contributed by atoms with Gasteiger partial charge >= 0.3 is 0 Å². The Morgan fingerprint density at radius 1 is 1.14 bits per heavy atom. The molecule has 0 aliphatic heterocycles. The van der Waals surface area contributed by atoms with Crippen LogP contribution in [0.4, 0.5) is 5.69 Å². The molecule has 1 aromatic carbocycles. The summed E-state index contributed by atoms with van der Waals surface area (Å²) in [7, 11) is -1.77. The first-order valence-electron chi connectivity index (χ1n) is 6.61. The highest BCUT2D eigenvalue weighted by molar-refractivity contribution is 7.92. The molecule has 0 radical (unpaired) electrons. The van der Waals surface area contributed by atoms with Crippen LogP contribution in [0.25, 0.3) is 0 Å². The summed E-state index contributed by atoms with van der Waals surface area (Å²) in [4.78, 5) is 4.21. The number of benzene rings is 1. The lowest BCUT2D eigenvalue weighted by Crippen LogP contribution is -2.15. The van der Waals surface area contributed by atoms with Crippen molar-refractivity contribution in [1.82, 2.24) is 10.3 Å². The van der Waals surface area contributed by atoms with Crippen molar-refractivity contribution in [1.29, 1.82) is 0 Å². The molecule has 0 fully saturated rings. The van der Waals surface area contributed by atoms with Crippen molar-refractivity contribution in [3.63, 3.8) is 0 Å². The monoisotopic (exact) mass is 305 g/mol. The quantitative estimate of drug-likeness (QED) is 0.888. The van der Waals surface area contributed by atoms with Crippen LogP contribution < -0.4 is 10.0 Å². The predicted molar refractivity (Wildman–Crippen MR) is 83.7 cm³/mol. The molecular formula is C15H19N3O2S. The van der Waals surface area contributed by atoms with Crippen molar-refractivity contribution in [3.05, 3.63) is 53.3 Å². The maximum atomic E-state index is 12.5. The van der Waals surface area contributed by atoms with Gasteiger partial charge in [-0.3, -0.25) is 9.71 Å². The van der Waals surface area contributed by atoms with Gasteiger partial charge < -0.3 is 5.32 Å². The Morgan fingerprint density at radius 3 is 2.57 bits per heavy atom. The zero-order chi connectivity index (χ0) is 15.5. The molecule has 0 spiro atoms. The Kier molecular flexibility index (Phi) is 4.59. The van der Waals surface area contributed by atoms with Crippen LogP contribution in [0.3, 0.4) is 0 Å². The van der Waals surface area contributed by atoms with E-state index in [4.69, 9.17) is 0 Å². The largest absolute Gasteiger partial charge is 0.316 e. The lowest BCUT2D eigenvalue weighted by molar-refractivity contribution is 0.601. The summed E-state index contributed by atoms with van der Waals surface area (Å²) in [5.41, 5.74) is 3.35. The normalized spacial score (nSPS) is 11.4. The molecule has 6 heteroatoms. The molecule has 5 nitrogen and oxygen atoms in total. The molecule has 0 saturated heterocycles. The van der Waals surface area contributed by atoms with Gasteiger partial charge in [-0.25, -0.2) is 8.42 Å². The fourth-order valence-corrected chi connectivity index (χ4v) is 3.17. The lowest BCUT2D eigenvalue weighted by Gasteiger charge is -2.12. The summed E-state index contributed by atoms with van der Waals surface area (Å²) in [6, 6.07) is 6.79. The minimum atomic E-state index is -3.60. The molecule has 0 atom stereocenters. The Morgan fingerprint density at radius 2 is 1.90 bits per heavy atom. The highest BCUT2D eigenvalue weighted by atomic mass is 32.2. The van der Waals surface area contributed by atoms with Crippen molar-refractivity contribution in [3.8, 4) is 0 Å². The summed E-state index contributed by atoms with van der Waals surface area (Å²) in [6.07, 6.45) is 3.19. The smallest absolute Gasteiger partial charge is 0.261 e. The maximum absolute atomic E-state index is 12.5. The third kappa shape index (κ3) is 3.59. The molecule has 21 heavy (non-hydrogen) atoms. The van der Waals surface area contributed by atoms with E-state index < -0.39 is 10.0 Å². The fraction of sp³-hybridized carbons (Fsp3) is 0.267. The van der Waals surface area contributed by atoms with Crippen molar-refractivity contribution < 1.29 is 8.42 Å². The molecule has 1 aromatic heterocycles. The van der Waals surface area contributed by atoms with Crippen LogP contribution in [-0.4, -0.2) is 20.4 Å². The van der Waals surface area contributed by atoms with Gasteiger partial charge in [0, 0.05) is 18.9 Å². The van der Waals surface area contributed by atoms with Crippen LogP contribution in [0.15, 0.2) is 41.6 Å². The number of rotatable bonds is 5. The summed E-state index contributed by atoms with van der Waals surface area (Å²) >= 11 is 0. The zero-order valence-corrected chi connectivity index (χ0v) is 13.2.